The zero-order valence-electron chi connectivity index (χ0n) is 16.6. The number of pyridine rings is 2. The normalized spacial score (nSPS) is 13.6. The van der Waals surface area contributed by atoms with Crippen LogP contribution in [0, 0.1) is 0 Å². The number of nitrogens with zero attached hydrogens (tertiary/aromatic N) is 5. The molecule has 158 valence electrons. The van der Waals surface area contributed by atoms with Gasteiger partial charge in [-0.05, 0) is 38.0 Å². The first-order valence-corrected chi connectivity index (χ1v) is 10.1. The number of hydrogen-bond donors (Lipinski definition) is 2. The van der Waals surface area contributed by atoms with Crippen LogP contribution in [0.1, 0.15) is 25.0 Å². The summed E-state index contributed by atoms with van der Waals surface area (Å²) < 4.78 is 44.5. The van der Waals surface area contributed by atoms with E-state index in [1.807, 2.05) is 12.3 Å². The van der Waals surface area contributed by atoms with Gasteiger partial charge in [0.05, 0.1) is 23.8 Å². The molecule has 11 heteroatoms. The minimum atomic E-state index is -4.56. The van der Waals surface area contributed by atoms with Crippen molar-refractivity contribution < 1.29 is 13.2 Å². The zero-order chi connectivity index (χ0) is 21.5. The van der Waals surface area contributed by atoms with Crippen LogP contribution < -0.4 is 15.5 Å². The van der Waals surface area contributed by atoms with Gasteiger partial charge in [-0.25, -0.2) is 4.98 Å². The molecular formula is C19H20F3N7S. The summed E-state index contributed by atoms with van der Waals surface area (Å²) in [6, 6.07) is 3.33. The van der Waals surface area contributed by atoms with E-state index in [4.69, 9.17) is 0 Å². The van der Waals surface area contributed by atoms with Crippen molar-refractivity contribution in [1.82, 2.24) is 19.3 Å². The summed E-state index contributed by atoms with van der Waals surface area (Å²) in [5.74, 6) is 0.0485. The van der Waals surface area contributed by atoms with Crippen molar-refractivity contribution in [2.75, 3.05) is 29.1 Å². The second-order valence-corrected chi connectivity index (χ2v) is 7.90. The van der Waals surface area contributed by atoms with E-state index in [-0.39, 0.29) is 16.6 Å². The largest absolute Gasteiger partial charge is 0.420 e. The molecule has 0 fully saturated rings. The lowest BCUT2D eigenvalue weighted by Gasteiger charge is -2.23. The lowest BCUT2D eigenvalue weighted by Crippen LogP contribution is -2.28. The molecule has 0 bridgehead atoms. The second-order valence-electron chi connectivity index (χ2n) is 7.15. The Kier molecular flexibility index (Phi) is 5.22. The van der Waals surface area contributed by atoms with Crippen LogP contribution in [0.25, 0.3) is 11.5 Å². The summed E-state index contributed by atoms with van der Waals surface area (Å²) >= 11 is 0.962. The average Bonchev–Trinajstić information content (AvgIpc) is 3.33. The fourth-order valence-electron chi connectivity index (χ4n) is 3.37. The number of fused-ring (bicyclic) bond motifs is 1. The van der Waals surface area contributed by atoms with E-state index in [1.54, 1.807) is 0 Å². The number of aromatic nitrogens is 4. The standard InChI is InChI=1S/C19H20F3N7S/c1-10(2)29-5-4-11-6-14(24-9-15(11)29)17-27-18(30-28-17)26-16-13(19(20,21)22)7-12(23-3)8-25-16/h6-10,23H,4-5H2,1-3H3,(H,25,26,27,28). The molecule has 0 saturated heterocycles. The lowest BCUT2D eigenvalue weighted by atomic mass is 10.2. The molecule has 2 N–H and O–H groups in total. The van der Waals surface area contributed by atoms with Crippen LogP contribution >= 0.6 is 11.5 Å². The van der Waals surface area contributed by atoms with Gasteiger partial charge >= 0.3 is 6.18 Å². The number of rotatable bonds is 5. The third-order valence-electron chi connectivity index (χ3n) is 4.88. The van der Waals surface area contributed by atoms with E-state index >= 15 is 0 Å². The topological polar surface area (TPSA) is 78.9 Å². The predicted molar refractivity (Wildman–Crippen MR) is 111 cm³/mol. The van der Waals surface area contributed by atoms with Crippen molar-refractivity contribution in [3.63, 3.8) is 0 Å². The van der Waals surface area contributed by atoms with E-state index in [0.717, 1.165) is 36.3 Å². The Hall–Kier alpha value is -2.95. The van der Waals surface area contributed by atoms with Crippen LogP contribution in [-0.2, 0) is 12.6 Å². The maximum Gasteiger partial charge on any atom is 0.420 e. The van der Waals surface area contributed by atoms with Crippen molar-refractivity contribution in [2.24, 2.45) is 0 Å². The molecule has 1 aliphatic rings. The van der Waals surface area contributed by atoms with Gasteiger partial charge in [-0.2, -0.15) is 22.5 Å². The number of hydrogen-bond acceptors (Lipinski definition) is 8. The van der Waals surface area contributed by atoms with Gasteiger partial charge in [-0.3, -0.25) is 4.98 Å². The summed E-state index contributed by atoms with van der Waals surface area (Å²) in [5.41, 5.74) is 2.25. The molecule has 30 heavy (non-hydrogen) atoms. The second kappa shape index (κ2) is 7.71. The van der Waals surface area contributed by atoms with Crippen LogP contribution in [-0.4, -0.2) is 39.0 Å². The summed E-state index contributed by atoms with van der Waals surface area (Å²) in [6.45, 7) is 5.20. The summed E-state index contributed by atoms with van der Waals surface area (Å²) in [4.78, 5) is 15.0. The number of halogens is 3. The summed E-state index contributed by atoms with van der Waals surface area (Å²) in [7, 11) is 1.53. The van der Waals surface area contributed by atoms with Gasteiger partial charge in [0.2, 0.25) is 5.13 Å². The molecule has 0 unspecified atom stereocenters. The Morgan fingerprint density at radius 2 is 1.97 bits per heavy atom. The molecule has 0 spiro atoms. The smallest absolute Gasteiger partial charge is 0.387 e. The van der Waals surface area contributed by atoms with E-state index in [0.29, 0.717) is 17.6 Å². The summed E-state index contributed by atoms with van der Waals surface area (Å²) in [5, 5.41) is 5.52. The monoisotopic (exact) mass is 435 g/mol. The maximum atomic E-state index is 13.4. The first-order chi connectivity index (χ1) is 14.3. The Balaban J connectivity index is 1.59. The maximum absolute atomic E-state index is 13.4. The third-order valence-corrected chi connectivity index (χ3v) is 5.51. The third kappa shape index (κ3) is 3.89. The molecule has 0 aromatic carbocycles. The van der Waals surface area contributed by atoms with E-state index in [2.05, 4.69) is 48.7 Å². The molecule has 4 heterocycles. The van der Waals surface area contributed by atoms with Crippen LogP contribution in [0.15, 0.2) is 24.5 Å². The molecule has 0 saturated carbocycles. The van der Waals surface area contributed by atoms with Crippen molar-refractivity contribution >= 4 is 33.9 Å². The molecule has 0 radical (unpaired) electrons. The van der Waals surface area contributed by atoms with Crippen molar-refractivity contribution in [2.45, 2.75) is 32.5 Å². The minimum Gasteiger partial charge on any atom is -0.387 e. The van der Waals surface area contributed by atoms with Crippen LogP contribution in [0.3, 0.4) is 0 Å². The average molecular weight is 435 g/mol. The van der Waals surface area contributed by atoms with Gasteiger partial charge in [0, 0.05) is 31.2 Å². The van der Waals surface area contributed by atoms with Crippen LogP contribution in [0.4, 0.5) is 35.5 Å². The molecule has 0 amide bonds. The highest BCUT2D eigenvalue weighted by Gasteiger charge is 2.35. The van der Waals surface area contributed by atoms with Crippen molar-refractivity contribution in [1.29, 1.82) is 0 Å². The van der Waals surface area contributed by atoms with Gasteiger partial charge in [-0.15, -0.1) is 0 Å². The fourth-order valence-corrected chi connectivity index (χ4v) is 3.94. The Bertz CT molecular complexity index is 1060. The van der Waals surface area contributed by atoms with Crippen LogP contribution in [0.5, 0.6) is 0 Å². The van der Waals surface area contributed by atoms with Gasteiger partial charge in [0.15, 0.2) is 5.82 Å². The van der Waals surface area contributed by atoms with Gasteiger partial charge < -0.3 is 15.5 Å². The van der Waals surface area contributed by atoms with Gasteiger partial charge in [-0.1, -0.05) is 0 Å². The Morgan fingerprint density at radius 1 is 1.17 bits per heavy atom. The molecule has 4 rings (SSSR count). The molecule has 3 aromatic rings. The molecule has 7 nitrogen and oxygen atoms in total. The highest BCUT2D eigenvalue weighted by atomic mass is 32.1. The molecule has 0 aliphatic carbocycles. The van der Waals surface area contributed by atoms with Gasteiger partial charge in [0.1, 0.15) is 17.1 Å². The molecule has 1 aliphatic heterocycles. The van der Waals surface area contributed by atoms with Crippen LogP contribution in [0.2, 0.25) is 0 Å². The van der Waals surface area contributed by atoms with Crippen molar-refractivity contribution in [3.05, 3.63) is 35.7 Å². The quantitative estimate of drug-likeness (QED) is 0.608. The fraction of sp³-hybridized carbons (Fsp3) is 0.368. The van der Waals surface area contributed by atoms with Crippen molar-refractivity contribution in [3.8, 4) is 11.5 Å². The number of anilines is 4. The lowest BCUT2D eigenvalue weighted by molar-refractivity contribution is -0.137. The highest BCUT2D eigenvalue weighted by Crippen LogP contribution is 2.37. The van der Waals surface area contributed by atoms with E-state index in [9.17, 15) is 13.2 Å². The molecular weight excluding hydrogens is 415 g/mol. The van der Waals surface area contributed by atoms with E-state index < -0.39 is 11.7 Å². The Morgan fingerprint density at radius 3 is 2.67 bits per heavy atom. The van der Waals surface area contributed by atoms with E-state index in [1.165, 1.54) is 18.8 Å². The number of nitrogens with one attached hydrogen (secondary N) is 2. The summed E-state index contributed by atoms with van der Waals surface area (Å²) in [6.07, 6.45) is -0.512. The molecule has 0 atom stereocenters. The van der Waals surface area contributed by atoms with Gasteiger partial charge in [0.25, 0.3) is 0 Å². The first-order valence-electron chi connectivity index (χ1n) is 9.38. The zero-order valence-corrected chi connectivity index (χ0v) is 17.4. The Labute approximate surface area is 175 Å². The predicted octanol–water partition coefficient (Wildman–Crippen LogP) is 4.57. The first kappa shape index (κ1) is 20.3. The number of alkyl halides is 3. The SMILES string of the molecule is CNc1cnc(Nc2nc(-c3cc4c(cn3)N(C(C)C)CC4)ns2)c(C(F)(F)F)c1. The highest BCUT2D eigenvalue weighted by molar-refractivity contribution is 7.09. The molecule has 3 aromatic heterocycles. The minimum absolute atomic E-state index is 0.214.